The Hall–Kier alpha value is -3.71. The van der Waals surface area contributed by atoms with Crippen LogP contribution < -0.4 is 26.0 Å². The Morgan fingerprint density at radius 3 is 1.51 bits per heavy atom. The minimum atomic E-state index is -0.508. The van der Waals surface area contributed by atoms with Crippen molar-refractivity contribution in [1.29, 1.82) is 0 Å². The van der Waals surface area contributed by atoms with E-state index in [-0.39, 0.29) is 34.3 Å². The molecule has 0 bridgehead atoms. The molecule has 4 heterocycles. The predicted molar refractivity (Wildman–Crippen MR) is 199 cm³/mol. The van der Waals surface area contributed by atoms with Crippen LogP contribution in [0.5, 0.6) is 0 Å². The second-order valence-electron chi connectivity index (χ2n) is 13.0. The monoisotopic (exact) mass is 762 g/mol. The molecule has 1 amide bonds. The van der Waals surface area contributed by atoms with Gasteiger partial charge in [0.1, 0.15) is 17.5 Å². The van der Waals surface area contributed by atoms with E-state index in [1.807, 2.05) is 17.2 Å². The van der Waals surface area contributed by atoms with Crippen LogP contribution in [0.2, 0.25) is 0 Å². The van der Waals surface area contributed by atoms with Crippen LogP contribution in [0.15, 0.2) is 58.4 Å². The van der Waals surface area contributed by atoms with Crippen molar-refractivity contribution in [2.24, 2.45) is 0 Å². The van der Waals surface area contributed by atoms with Crippen LogP contribution in [0.4, 0.5) is 20.2 Å². The number of carbonyl (C=O) groups is 2. The topological polar surface area (TPSA) is 99.9 Å². The molecule has 0 atom stereocenters. The molecule has 0 unspecified atom stereocenters. The quantitative estimate of drug-likeness (QED) is 0.212. The molecule has 0 spiro atoms. The van der Waals surface area contributed by atoms with E-state index in [2.05, 4.69) is 19.4 Å². The first-order valence-electron chi connectivity index (χ1n) is 17.1. The fourth-order valence-corrected chi connectivity index (χ4v) is 6.74. The molecule has 4 aromatic rings. The molecular weight excluding hydrogens is 725 g/mol. The summed E-state index contributed by atoms with van der Waals surface area (Å²) >= 11 is 15.1. The summed E-state index contributed by atoms with van der Waals surface area (Å²) in [5.74, 6) is -0.910. The Bertz CT molecular complexity index is 2040. The van der Waals surface area contributed by atoms with Crippen molar-refractivity contribution < 1.29 is 18.4 Å². The molecule has 2 aliphatic heterocycles. The maximum atomic E-state index is 14.7. The molecule has 4 aliphatic rings. The number of aromatic nitrogens is 2. The number of nitrogens with one attached hydrogen (secondary N) is 1. The summed E-state index contributed by atoms with van der Waals surface area (Å²) in [6, 6.07) is 10.3. The third-order valence-electron chi connectivity index (χ3n) is 9.52. The molecule has 4 fully saturated rings. The fourth-order valence-electron chi connectivity index (χ4n) is 6.57. The molecular formula is C36H39Cl3F2N6O4. The van der Waals surface area contributed by atoms with E-state index in [0.29, 0.717) is 60.4 Å². The number of hydrogen-bond acceptors (Lipinski definition) is 7. The maximum absolute atomic E-state index is 14.7. The van der Waals surface area contributed by atoms with Crippen LogP contribution in [-0.2, 0) is 9.59 Å². The standard InChI is InChI=1S/C18H19ClFN3O2.C16H18FN3O.C2H2Cl2O/c19-11-18(25)22-7-5-21(6-8-22)16-10-15-13(9-14(16)20)17(24)3-4-23(15)12-1-2-12;17-13-9-12-14(10-15(13)19-7-4-18-5-8-19)20(11-1-2-11)6-3-16(12)21;3-1-2(4)5/h3-4,9-10,12H,1-2,5-8,11H2;3,6,9-11,18H,1-2,4-5,7-8H2;1H2. The normalized spacial score (nSPS) is 17.5. The van der Waals surface area contributed by atoms with Crippen molar-refractivity contribution in [3.8, 4) is 0 Å². The van der Waals surface area contributed by atoms with E-state index in [0.717, 1.165) is 62.9 Å². The van der Waals surface area contributed by atoms with Crippen LogP contribution >= 0.6 is 34.8 Å². The molecule has 272 valence electrons. The van der Waals surface area contributed by atoms with Crippen LogP contribution in [0.25, 0.3) is 21.8 Å². The molecule has 10 nitrogen and oxygen atoms in total. The first-order valence-corrected chi connectivity index (χ1v) is 18.5. The van der Waals surface area contributed by atoms with E-state index in [9.17, 15) is 28.0 Å². The van der Waals surface area contributed by atoms with Crippen molar-refractivity contribution in [2.45, 2.75) is 37.8 Å². The van der Waals surface area contributed by atoms with Gasteiger partial charge in [0.25, 0.3) is 0 Å². The van der Waals surface area contributed by atoms with E-state index in [4.69, 9.17) is 34.8 Å². The van der Waals surface area contributed by atoms with Gasteiger partial charge in [0.05, 0.1) is 28.3 Å². The van der Waals surface area contributed by atoms with Crippen molar-refractivity contribution in [1.82, 2.24) is 19.4 Å². The van der Waals surface area contributed by atoms with Gasteiger partial charge in [0, 0.05) is 99.7 Å². The van der Waals surface area contributed by atoms with Crippen molar-refractivity contribution in [3.05, 3.63) is 80.9 Å². The molecule has 2 aromatic carbocycles. The summed E-state index contributed by atoms with van der Waals surface area (Å²) in [4.78, 5) is 50.9. The summed E-state index contributed by atoms with van der Waals surface area (Å²) < 4.78 is 33.3. The van der Waals surface area contributed by atoms with Crippen molar-refractivity contribution in [3.63, 3.8) is 0 Å². The maximum Gasteiger partial charge on any atom is 0.237 e. The second-order valence-corrected chi connectivity index (χ2v) is 14.0. The van der Waals surface area contributed by atoms with Crippen LogP contribution in [0.3, 0.4) is 0 Å². The zero-order valence-corrected chi connectivity index (χ0v) is 30.2. The van der Waals surface area contributed by atoms with Gasteiger partial charge in [-0.3, -0.25) is 19.2 Å². The first kappa shape index (κ1) is 37.1. The van der Waals surface area contributed by atoms with Gasteiger partial charge < -0.3 is 29.2 Å². The van der Waals surface area contributed by atoms with E-state index >= 15 is 0 Å². The number of carbonyl (C=O) groups excluding carboxylic acids is 2. The molecule has 2 aromatic heterocycles. The van der Waals surface area contributed by atoms with E-state index in [1.54, 1.807) is 23.2 Å². The lowest BCUT2D eigenvalue weighted by molar-refractivity contribution is -0.128. The average molecular weight is 764 g/mol. The molecule has 0 radical (unpaired) electrons. The Kier molecular flexibility index (Phi) is 11.9. The van der Waals surface area contributed by atoms with Gasteiger partial charge in [0.2, 0.25) is 11.1 Å². The van der Waals surface area contributed by atoms with E-state index < -0.39 is 11.1 Å². The summed E-state index contributed by atoms with van der Waals surface area (Å²) in [6.45, 7) is 5.45. The lowest BCUT2D eigenvalue weighted by Crippen LogP contribution is -2.49. The highest BCUT2D eigenvalue weighted by molar-refractivity contribution is 6.67. The number of alkyl halides is 2. The van der Waals surface area contributed by atoms with Gasteiger partial charge in [-0.2, -0.15) is 0 Å². The minimum absolute atomic E-state index is 0.0298. The van der Waals surface area contributed by atoms with Crippen molar-refractivity contribution >= 4 is 79.1 Å². The summed E-state index contributed by atoms with van der Waals surface area (Å²) in [6.07, 6.45) is 8.10. The number of benzene rings is 2. The zero-order valence-electron chi connectivity index (χ0n) is 27.9. The SMILES string of the molecule is O=C(CCl)N1CCN(c2cc3c(cc2F)c(=O)ccn3C2CC2)CC1.O=C(Cl)CCl.O=c1ccn(C2CC2)c2cc(N3CCNCC3)c(F)cc12. The summed E-state index contributed by atoms with van der Waals surface area (Å²) in [5.41, 5.74) is 2.49. The predicted octanol–water partition coefficient (Wildman–Crippen LogP) is 5.24. The lowest BCUT2D eigenvalue weighted by atomic mass is 10.1. The number of nitrogens with zero attached hydrogens (tertiary/aromatic N) is 5. The van der Waals surface area contributed by atoms with Crippen LogP contribution in [0.1, 0.15) is 37.8 Å². The highest BCUT2D eigenvalue weighted by atomic mass is 35.5. The third kappa shape index (κ3) is 8.68. The highest BCUT2D eigenvalue weighted by Crippen LogP contribution is 2.39. The number of anilines is 2. The summed E-state index contributed by atoms with van der Waals surface area (Å²) in [5, 5.41) is 3.67. The fraction of sp³-hybridized carbons (Fsp3) is 0.444. The highest BCUT2D eigenvalue weighted by Gasteiger charge is 2.28. The van der Waals surface area contributed by atoms with Gasteiger partial charge in [-0.1, -0.05) is 0 Å². The largest absolute Gasteiger partial charge is 0.367 e. The van der Waals surface area contributed by atoms with Gasteiger partial charge in [-0.25, -0.2) is 8.78 Å². The Morgan fingerprint density at radius 1 is 0.686 bits per heavy atom. The number of hydrogen-bond donors (Lipinski definition) is 1. The van der Waals surface area contributed by atoms with Gasteiger partial charge in [-0.05, 0) is 61.5 Å². The Labute approximate surface area is 308 Å². The zero-order chi connectivity index (χ0) is 36.2. The lowest BCUT2D eigenvalue weighted by Gasteiger charge is -2.36. The second kappa shape index (κ2) is 16.3. The first-order chi connectivity index (χ1) is 24.6. The molecule has 2 saturated carbocycles. The van der Waals surface area contributed by atoms with Crippen LogP contribution in [0, 0.1) is 11.6 Å². The van der Waals surface area contributed by atoms with Gasteiger partial charge in [-0.15, -0.1) is 23.2 Å². The number of pyridine rings is 2. The number of piperazine rings is 2. The molecule has 15 heteroatoms. The third-order valence-corrected chi connectivity index (χ3v) is 10.3. The minimum Gasteiger partial charge on any atom is -0.367 e. The average Bonchev–Trinajstić information content (AvgIpc) is 4.08. The molecule has 2 saturated heterocycles. The number of fused-ring (bicyclic) bond motifs is 2. The summed E-state index contributed by atoms with van der Waals surface area (Å²) in [7, 11) is 0. The molecule has 2 aliphatic carbocycles. The van der Waals surface area contributed by atoms with Gasteiger partial charge >= 0.3 is 0 Å². The molecule has 51 heavy (non-hydrogen) atoms. The Morgan fingerprint density at radius 2 is 1.12 bits per heavy atom. The molecule has 8 rings (SSSR count). The van der Waals surface area contributed by atoms with E-state index in [1.165, 1.54) is 18.2 Å². The number of amides is 1. The Balaban J connectivity index is 0.000000157. The van der Waals surface area contributed by atoms with Crippen molar-refractivity contribution in [2.75, 3.05) is 73.9 Å². The molecule has 1 N–H and O–H groups in total. The smallest absolute Gasteiger partial charge is 0.237 e. The van der Waals surface area contributed by atoms with Crippen LogP contribution in [-0.4, -0.2) is 89.3 Å². The number of rotatable bonds is 6. The van der Waals surface area contributed by atoms with Gasteiger partial charge in [0.15, 0.2) is 10.9 Å². The number of halogens is 5.